The largest absolute Gasteiger partial charge is 0.481 e. The number of carboxylic acids is 2. The van der Waals surface area contributed by atoms with Crippen LogP contribution in [0.2, 0.25) is 10.0 Å². The van der Waals surface area contributed by atoms with Gasteiger partial charge in [0, 0.05) is 91.8 Å². The second kappa shape index (κ2) is 12.9. The highest BCUT2D eigenvalue weighted by Crippen LogP contribution is 2.50. The van der Waals surface area contributed by atoms with Crippen LogP contribution in [0.3, 0.4) is 0 Å². The fourth-order valence-corrected chi connectivity index (χ4v) is 9.30. The van der Waals surface area contributed by atoms with E-state index < -0.39 is 35.2 Å². The number of aryl methyl sites for hydroxylation is 2. The summed E-state index contributed by atoms with van der Waals surface area (Å²) in [7, 11) is 4.07. The van der Waals surface area contributed by atoms with Crippen molar-refractivity contribution in [2.45, 2.75) is 75.2 Å². The number of allylic oxidation sites excluding steroid dienone is 1. The number of hydrogen-bond donors (Lipinski definition) is 3. The fraction of sp³-hybridized carbons (Fsp3) is 0.576. The van der Waals surface area contributed by atoms with Crippen molar-refractivity contribution in [2.24, 2.45) is 13.0 Å². The number of nitrogens with zero attached hydrogens (tertiary/aromatic N) is 5. The number of benzene rings is 1. The number of aromatic nitrogens is 2. The first-order valence-corrected chi connectivity index (χ1v) is 16.8. The number of carboxylic acid groups (broad SMARTS) is 2. The zero-order chi connectivity index (χ0) is 32.9. The van der Waals surface area contributed by atoms with Gasteiger partial charge in [-0.25, -0.2) is 9.78 Å². The summed E-state index contributed by atoms with van der Waals surface area (Å²) in [4.78, 5) is 52.0. The predicted molar refractivity (Wildman–Crippen MR) is 174 cm³/mol. The Labute approximate surface area is 279 Å². The molecule has 248 valence electrons. The van der Waals surface area contributed by atoms with Gasteiger partial charge in [-0.3, -0.25) is 19.4 Å². The lowest BCUT2D eigenvalue weighted by molar-refractivity contribution is -0.161. The summed E-state index contributed by atoms with van der Waals surface area (Å²) >= 11 is 13.4. The second-order valence-electron chi connectivity index (χ2n) is 13.2. The number of hydrogen-bond acceptors (Lipinski definition) is 8. The average molecular weight is 674 g/mol. The van der Waals surface area contributed by atoms with Gasteiger partial charge < -0.3 is 25.0 Å². The quantitative estimate of drug-likeness (QED) is 0.363. The van der Waals surface area contributed by atoms with Crippen molar-refractivity contribution >= 4 is 40.9 Å². The third-order valence-corrected chi connectivity index (χ3v) is 11.7. The predicted octanol–water partition coefficient (Wildman–Crippen LogP) is 3.61. The molecular formula is C33H42Cl2N6O5. The monoisotopic (exact) mass is 672 g/mol. The van der Waals surface area contributed by atoms with Gasteiger partial charge in [-0.1, -0.05) is 29.3 Å². The maximum Gasteiger partial charge on any atom is 0.333 e. The van der Waals surface area contributed by atoms with E-state index >= 15 is 0 Å². The Kier molecular flexibility index (Phi) is 9.26. The van der Waals surface area contributed by atoms with Crippen LogP contribution in [0.4, 0.5) is 0 Å². The molecule has 6 atom stereocenters. The maximum atomic E-state index is 14.1. The number of aliphatic carboxylic acids is 2. The van der Waals surface area contributed by atoms with Gasteiger partial charge in [-0.2, -0.15) is 0 Å². The van der Waals surface area contributed by atoms with E-state index in [0.717, 1.165) is 18.7 Å². The molecule has 3 N–H and O–H groups in total. The maximum absolute atomic E-state index is 14.1. The average Bonchev–Trinajstić information content (AvgIpc) is 3.49. The van der Waals surface area contributed by atoms with E-state index in [1.165, 1.54) is 19.8 Å². The molecule has 4 unspecified atom stereocenters. The molecule has 11 nitrogen and oxygen atoms in total. The highest BCUT2D eigenvalue weighted by molar-refractivity contribution is 6.36. The first-order valence-electron chi connectivity index (χ1n) is 16.0. The van der Waals surface area contributed by atoms with E-state index in [9.17, 15) is 24.6 Å². The lowest BCUT2D eigenvalue weighted by Crippen LogP contribution is -2.74. The molecule has 4 aliphatic heterocycles. The summed E-state index contributed by atoms with van der Waals surface area (Å²) in [6, 6.07) is 6.39. The van der Waals surface area contributed by atoms with Crippen molar-refractivity contribution in [1.29, 1.82) is 0 Å². The molecule has 46 heavy (non-hydrogen) atoms. The molecule has 0 aliphatic carbocycles. The number of piperazine rings is 1. The fourth-order valence-electron chi connectivity index (χ4n) is 8.67. The molecule has 6 rings (SSSR count). The van der Waals surface area contributed by atoms with Crippen LogP contribution in [0, 0.1) is 5.92 Å². The number of rotatable bonds is 9. The summed E-state index contributed by atoms with van der Waals surface area (Å²) in [5.74, 6) is -5.12. The molecule has 2 aromatic rings. The number of nitrogens with one attached hydrogen (secondary N) is 1. The van der Waals surface area contributed by atoms with Crippen molar-refractivity contribution in [3.05, 3.63) is 63.3 Å². The molecule has 5 heterocycles. The zero-order valence-corrected chi connectivity index (χ0v) is 28.0. The lowest BCUT2D eigenvalue weighted by atomic mass is 9.67. The molecule has 0 amide bonds. The standard InChI is InChI=1S/C33H42Cl2N6O5/c1-19(42)33(41-15-13-40(14-16-41)22-17-20-7-8-21(18-22)39(20)3)30(32(45)46)29(27-23(34)5-4-6-24(27)35)28(31(43)44)25(37-33)9-10-26-36-11-12-38(26)2/h4-6,11-12,20-22,29-30,37H,7-10,13-18H2,1-3H3,(H,43,44)(H,45,46)/t20-,21+,22?,29?,30?,33?. The first-order chi connectivity index (χ1) is 21.9. The molecule has 13 heteroatoms. The highest BCUT2D eigenvalue weighted by Gasteiger charge is 2.61. The number of piperidine rings is 1. The van der Waals surface area contributed by atoms with Gasteiger partial charge in [0.15, 0.2) is 11.4 Å². The number of fused-ring (bicyclic) bond motifs is 2. The highest BCUT2D eigenvalue weighted by atomic mass is 35.5. The Hall–Kier alpha value is -2.96. The van der Waals surface area contributed by atoms with E-state index in [1.54, 1.807) is 30.6 Å². The normalized spacial score (nSPS) is 30.8. The minimum absolute atomic E-state index is 0.145. The Morgan fingerprint density at radius 2 is 1.61 bits per heavy atom. The molecule has 0 spiro atoms. The minimum atomic E-state index is -1.74. The van der Waals surface area contributed by atoms with Crippen LogP contribution in [0.1, 0.15) is 56.3 Å². The minimum Gasteiger partial charge on any atom is -0.481 e. The lowest BCUT2D eigenvalue weighted by Gasteiger charge is -2.55. The van der Waals surface area contributed by atoms with E-state index in [0.29, 0.717) is 50.7 Å². The Morgan fingerprint density at radius 1 is 0.978 bits per heavy atom. The second-order valence-corrected chi connectivity index (χ2v) is 14.0. The Morgan fingerprint density at radius 3 is 2.13 bits per heavy atom. The van der Waals surface area contributed by atoms with Crippen molar-refractivity contribution in [3.8, 4) is 0 Å². The van der Waals surface area contributed by atoms with Crippen LogP contribution in [0.5, 0.6) is 0 Å². The van der Waals surface area contributed by atoms with Gasteiger partial charge in [0.2, 0.25) is 0 Å². The number of ketones is 1. The molecule has 0 radical (unpaired) electrons. The Bertz CT molecular complexity index is 1520. The SMILES string of the molecule is CC(=O)C1(N2CCN(C3C[C@H]4CC[C@@H](C3)N4C)CC2)NC(CCc2nccn2C)=C(C(=O)O)C(c2c(Cl)cccc2Cl)C1C(=O)O. The topological polar surface area (TPSA) is 131 Å². The van der Waals surface area contributed by atoms with E-state index in [-0.39, 0.29) is 33.3 Å². The molecule has 3 fully saturated rings. The molecule has 4 aliphatic rings. The van der Waals surface area contributed by atoms with Gasteiger partial charge in [0.1, 0.15) is 11.7 Å². The van der Waals surface area contributed by atoms with Gasteiger partial charge in [-0.15, -0.1) is 0 Å². The number of Topliss-reactive ketones (excluding diaryl/α,β-unsaturated/α-hetero) is 1. The molecule has 1 aromatic heterocycles. The van der Waals surface area contributed by atoms with Crippen LogP contribution in [0.15, 0.2) is 41.9 Å². The van der Waals surface area contributed by atoms with Crippen molar-refractivity contribution in [1.82, 2.24) is 29.6 Å². The molecule has 3 saturated heterocycles. The van der Waals surface area contributed by atoms with E-state index in [2.05, 4.69) is 27.1 Å². The third kappa shape index (κ3) is 5.64. The van der Waals surface area contributed by atoms with Gasteiger partial charge in [0.05, 0.1) is 5.57 Å². The first kappa shape index (κ1) is 33.0. The molecule has 0 saturated carbocycles. The van der Waals surface area contributed by atoms with Crippen LogP contribution in [-0.4, -0.2) is 109 Å². The van der Waals surface area contributed by atoms with Crippen LogP contribution in [0.25, 0.3) is 0 Å². The summed E-state index contributed by atoms with van der Waals surface area (Å²) in [5.41, 5.74) is -1.43. The van der Waals surface area contributed by atoms with Crippen molar-refractivity contribution in [3.63, 3.8) is 0 Å². The van der Waals surface area contributed by atoms with Gasteiger partial charge in [-0.05, 0) is 63.8 Å². The summed E-state index contributed by atoms with van der Waals surface area (Å²) < 4.78 is 1.85. The van der Waals surface area contributed by atoms with Gasteiger partial charge in [0.25, 0.3) is 0 Å². The molecular weight excluding hydrogens is 631 g/mol. The van der Waals surface area contributed by atoms with E-state index in [1.807, 2.05) is 16.5 Å². The molecule has 1 aromatic carbocycles. The van der Waals surface area contributed by atoms with E-state index in [4.69, 9.17) is 23.2 Å². The number of carbonyl (C=O) groups is 3. The molecule has 2 bridgehead atoms. The number of halogens is 2. The van der Waals surface area contributed by atoms with Crippen molar-refractivity contribution in [2.75, 3.05) is 33.2 Å². The van der Waals surface area contributed by atoms with Crippen molar-refractivity contribution < 1.29 is 24.6 Å². The summed E-state index contributed by atoms with van der Waals surface area (Å²) in [5, 5.41) is 25.2. The van der Waals surface area contributed by atoms with Crippen LogP contribution < -0.4 is 5.32 Å². The number of carbonyl (C=O) groups excluding carboxylic acids is 1. The zero-order valence-electron chi connectivity index (χ0n) is 26.5. The summed E-state index contributed by atoms with van der Waals surface area (Å²) in [6.07, 6.45) is 8.68. The van der Waals surface area contributed by atoms with Crippen LogP contribution in [-0.2, 0) is 27.9 Å². The van der Waals surface area contributed by atoms with Crippen LogP contribution >= 0.6 is 23.2 Å². The third-order valence-electron chi connectivity index (χ3n) is 11.0. The smallest absolute Gasteiger partial charge is 0.333 e. The Balaban J connectivity index is 1.42. The summed E-state index contributed by atoms with van der Waals surface area (Å²) in [6.45, 7) is 3.61. The number of imidazole rings is 1. The van der Waals surface area contributed by atoms with Gasteiger partial charge >= 0.3 is 11.9 Å².